The number of aromatic nitrogens is 3. The van der Waals surface area contributed by atoms with Crippen LogP contribution < -0.4 is 24.7 Å². The summed E-state index contributed by atoms with van der Waals surface area (Å²) in [4.78, 5) is 30.5. The first-order chi connectivity index (χ1) is 19.2. The number of carbonyl (C=O) groups is 1. The maximum absolute atomic E-state index is 12.5. The van der Waals surface area contributed by atoms with Crippen LogP contribution in [0.15, 0.2) is 53.6 Å². The van der Waals surface area contributed by atoms with Gasteiger partial charge in [-0.2, -0.15) is 20.1 Å². The van der Waals surface area contributed by atoms with E-state index in [-0.39, 0.29) is 0 Å². The average Bonchev–Trinajstić information content (AvgIpc) is 3.00. The third kappa shape index (κ3) is 6.98. The van der Waals surface area contributed by atoms with E-state index < -0.39 is 5.97 Å². The minimum absolute atomic E-state index is 0.332. The summed E-state index contributed by atoms with van der Waals surface area (Å²) in [7, 11) is 0. The van der Waals surface area contributed by atoms with Gasteiger partial charge in [-0.05, 0) is 42.8 Å². The zero-order valence-electron chi connectivity index (χ0n) is 21.8. The number of nitrogens with zero attached hydrogens (tertiary/aromatic N) is 6. The topological polar surface area (TPSA) is 124 Å². The third-order valence-electron chi connectivity index (χ3n) is 6.06. The number of hydrogen-bond donors (Lipinski definition) is 1. The normalized spacial score (nSPS) is 15.8. The highest BCUT2D eigenvalue weighted by molar-refractivity contribution is 5.91. The second kappa shape index (κ2) is 13.0. The van der Waals surface area contributed by atoms with Crippen LogP contribution in [0.3, 0.4) is 0 Å². The van der Waals surface area contributed by atoms with E-state index in [2.05, 4.69) is 30.3 Å². The van der Waals surface area contributed by atoms with E-state index in [0.29, 0.717) is 94.1 Å². The smallest absolute Gasteiger partial charge is 0.343 e. The molecule has 2 aliphatic rings. The Morgan fingerprint density at radius 2 is 1.56 bits per heavy atom. The lowest BCUT2D eigenvalue weighted by atomic mass is 10.2. The number of esters is 1. The van der Waals surface area contributed by atoms with Gasteiger partial charge in [0, 0.05) is 26.2 Å². The van der Waals surface area contributed by atoms with Crippen molar-refractivity contribution < 1.29 is 23.7 Å². The molecule has 0 radical (unpaired) electrons. The maximum atomic E-state index is 12.5. The number of benzene rings is 2. The van der Waals surface area contributed by atoms with Crippen LogP contribution in [0.2, 0.25) is 0 Å². The highest BCUT2D eigenvalue weighted by Crippen LogP contribution is 2.29. The fourth-order valence-corrected chi connectivity index (χ4v) is 4.07. The molecule has 0 unspecified atom stereocenters. The molecule has 2 fully saturated rings. The van der Waals surface area contributed by atoms with Crippen molar-refractivity contribution in [1.29, 1.82) is 0 Å². The number of morpholine rings is 2. The average molecular weight is 534 g/mol. The zero-order chi connectivity index (χ0) is 26.9. The van der Waals surface area contributed by atoms with Crippen LogP contribution in [0, 0.1) is 0 Å². The molecule has 0 spiro atoms. The van der Waals surface area contributed by atoms with Crippen molar-refractivity contribution in [2.45, 2.75) is 6.92 Å². The SMILES string of the molecule is CCOc1cc(/C=N/Nc2nc(N3CCOCC3)nc(N3CCOCC3)n2)ccc1OC(=O)c1ccccc1. The molecular weight excluding hydrogens is 502 g/mol. The number of carbonyl (C=O) groups excluding carboxylic acids is 1. The Bertz CT molecular complexity index is 1240. The summed E-state index contributed by atoms with van der Waals surface area (Å²) in [6.07, 6.45) is 1.62. The van der Waals surface area contributed by atoms with Gasteiger partial charge in [-0.15, -0.1) is 0 Å². The zero-order valence-corrected chi connectivity index (χ0v) is 21.8. The Morgan fingerprint density at radius 1 is 0.923 bits per heavy atom. The highest BCUT2D eigenvalue weighted by atomic mass is 16.6. The molecule has 0 aliphatic carbocycles. The monoisotopic (exact) mass is 533 g/mol. The Morgan fingerprint density at radius 3 is 2.18 bits per heavy atom. The van der Waals surface area contributed by atoms with E-state index in [0.717, 1.165) is 5.56 Å². The summed E-state index contributed by atoms with van der Waals surface area (Å²) >= 11 is 0. The Hall–Kier alpha value is -4.29. The molecule has 39 heavy (non-hydrogen) atoms. The quantitative estimate of drug-likeness (QED) is 0.189. The summed E-state index contributed by atoms with van der Waals surface area (Å²) < 4.78 is 22.2. The molecule has 0 amide bonds. The van der Waals surface area contributed by atoms with Crippen LogP contribution in [0.5, 0.6) is 11.5 Å². The van der Waals surface area contributed by atoms with Crippen LogP contribution >= 0.6 is 0 Å². The lowest BCUT2D eigenvalue weighted by Crippen LogP contribution is -2.40. The van der Waals surface area contributed by atoms with Gasteiger partial charge >= 0.3 is 5.97 Å². The minimum atomic E-state index is -0.457. The van der Waals surface area contributed by atoms with Crippen LogP contribution in [-0.4, -0.2) is 86.3 Å². The fourth-order valence-electron chi connectivity index (χ4n) is 4.07. The predicted molar refractivity (Wildman–Crippen MR) is 146 cm³/mol. The number of ether oxygens (including phenoxy) is 4. The summed E-state index contributed by atoms with van der Waals surface area (Å²) in [5.74, 6) is 1.81. The first-order valence-electron chi connectivity index (χ1n) is 12.9. The molecule has 1 N–H and O–H groups in total. The van der Waals surface area contributed by atoms with E-state index in [1.54, 1.807) is 48.7 Å². The molecule has 0 bridgehead atoms. The van der Waals surface area contributed by atoms with E-state index in [9.17, 15) is 4.79 Å². The van der Waals surface area contributed by atoms with Crippen molar-refractivity contribution >= 4 is 30.0 Å². The number of hydrogen-bond acceptors (Lipinski definition) is 12. The van der Waals surface area contributed by atoms with Gasteiger partial charge in [-0.25, -0.2) is 10.2 Å². The second-order valence-corrected chi connectivity index (χ2v) is 8.72. The molecular formula is C27H31N7O5. The minimum Gasteiger partial charge on any atom is -0.490 e. The predicted octanol–water partition coefficient (Wildman–Crippen LogP) is 2.61. The highest BCUT2D eigenvalue weighted by Gasteiger charge is 2.20. The van der Waals surface area contributed by atoms with Crippen molar-refractivity contribution in [3.05, 3.63) is 59.7 Å². The van der Waals surface area contributed by atoms with Crippen molar-refractivity contribution in [2.75, 3.05) is 74.4 Å². The van der Waals surface area contributed by atoms with Gasteiger partial charge in [0.05, 0.1) is 44.8 Å². The Kier molecular flexibility index (Phi) is 8.76. The molecule has 0 atom stereocenters. The molecule has 1 aromatic heterocycles. The third-order valence-corrected chi connectivity index (χ3v) is 6.06. The first-order valence-corrected chi connectivity index (χ1v) is 12.9. The first kappa shape index (κ1) is 26.3. The molecule has 5 rings (SSSR count). The van der Waals surface area contributed by atoms with E-state index >= 15 is 0 Å². The summed E-state index contributed by atoms with van der Waals surface area (Å²) in [5, 5.41) is 4.35. The van der Waals surface area contributed by atoms with Crippen molar-refractivity contribution in [1.82, 2.24) is 15.0 Å². The lowest BCUT2D eigenvalue weighted by Gasteiger charge is -2.30. The van der Waals surface area contributed by atoms with Crippen molar-refractivity contribution in [3.63, 3.8) is 0 Å². The van der Waals surface area contributed by atoms with Crippen molar-refractivity contribution in [2.24, 2.45) is 5.10 Å². The van der Waals surface area contributed by atoms with E-state index in [4.69, 9.17) is 23.9 Å². The molecule has 204 valence electrons. The molecule has 3 aromatic rings. The van der Waals surface area contributed by atoms with E-state index in [1.807, 2.05) is 13.0 Å². The Balaban J connectivity index is 1.32. The van der Waals surface area contributed by atoms with Gasteiger partial charge in [-0.3, -0.25) is 0 Å². The van der Waals surface area contributed by atoms with Gasteiger partial charge in [0.2, 0.25) is 17.8 Å². The summed E-state index contributed by atoms with van der Waals surface area (Å²) in [6.45, 7) is 7.59. The number of anilines is 3. The second-order valence-electron chi connectivity index (χ2n) is 8.72. The van der Waals surface area contributed by atoms with Crippen LogP contribution in [-0.2, 0) is 9.47 Å². The molecule has 0 saturated carbocycles. The van der Waals surface area contributed by atoms with Crippen LogP contribution in [0.4, 0.5) is 17.8 Å². The van der Waals surface area contributed by atoms with Gasteiger partial charge in [-0.1, -0.05) is 18.2 Å². The summed E-state index contributed by atoms with van der Waals surface area (Å²) in [6, 6.07) is 14.0. The van der Waals surface area contributed by atoms with Gasteiger partial charge in [0.25, 0.3) is 0 Å². The van der Waals surface area contributed by atoms with Gasteiger partial charge < -0.3 is 28.7 Å². The molecule has 12 heteroatoms. The van der Waals surface area contributed by atoms with Gasteiger partial charge in [0.15, 0.2) is 11.5 Å². The maximum Gasteiger partial charge on any atom is 0.343 e. The van der Waals surface area contributed by atoms with Crippen LogP contribution in [0.25, 0.3) is 0 Å². The number of rotatable bonds is 9. The Labute approximate surface area is 226 Å². The standard InChI is InChI=1S/C27H31N7O5/c1-2-38-23-18-20(8-9-22(23)39-24(35)21-6-4-3-5-7-21)19-28-32-25-29-26(33-10-14-36-15-11-33)31-27(30-25)34-12-16-37-17-13-34/h3-9,18-19H,2,10-17H2,1H3,(H,29,30,31,32)/b28-19+. The summed E-state index contributed by atoms with van der Waals surface area (Å²) in [5.41, 5.74) is 4.13. The number of nitrogens with one attached hydrogen (secondary N) is 1. The molecule has 3 heterocycles. The molecule has 2 aromatic carbocycles. The van der Waals surface area contributed by atoms with Gasteiger partial charge in [0.1, 0.15) is 0 Å². The fraction of sp³-hybridized carbons (Fsp3) is 0.370. The molecule has 12 nitrogen and oxygen atoms in total. The molecule has 2 aliphatic heterocycles. The van der Waals surface area contributed by atoms with Crippen LogP contribution in [0.1, 0.15) is 22.8 Å². The number of hydrazone groups is 1. The van der Waals surface area contributed by atoms with Crippen molar-refractivity contribution in [3.8, 4) is 11.5 Å². The largest absolute Gasteiger partial charge is 0.490 e. The molecule has 2 saturated heterocycles. The van der Waals surface area contributed by atoms with E-state index in [1.165, 1.54) is 0 Å². The lowest BCUT2D eigenvalue weighted by molar-refractivity contribution is 0.0728.